The van der Waals surface area contributed by atoms with Crippen LogP contribution in [0.3, 0.4) is 0 Å². The summed E-state index contributed by atoms with van der Waals surface area (Å²) in [6.45, 7) is 5.83. The zero-order valence-electron chi connectivity index (χ0n) is 19.9. The number of fused-ring (bicyclic) bond motifs is 3. The van der Waals surface area contributed by atoms with E-state index in [-0.39, 0.29) is 36.8 Å². The number of amides is 1. The SMILES string of the molecule is COc1c(F)cccc1Nc1c2[nH]c3c1C(=O)NC[C@@H]3[I-]C/C(C)=C(\C)CCNc1cnccc1-2. The van der Waals surface area contributed by atoms with Crippen LogP contribution in [0.1, 0.15) is 40.2 Å². The number of carbonyl (C=O) groups is 1. The molecule has 0 spiro atoms. The monoisotopic (exact) mass is 588 g/mol. The molecule has 2 bridgehead atoms. The number of methoxy groups -OCH3 is 1. The molecule has 184 valence electrons. The van der Waals surface area contributed by atoms with Crippen molar-refractivity contribution in [3.8, 4) is 17.0 Å². The van der Waals surface area contributed by atoms with Gasteiger partial charge in [-0.1, -0.05) is 0 Å². The van der Waals surface area contributed by atoms with E-state index < -0.39 is 5.82 Å². The maximum atomic E-state index is 14.5. The summed E-state index contributed by atoms with van der Waals surface area (Å²) < 4.78 is 21.1. The molecule has 0 aliphatic carbocycles. The number of benzene rings is 1. The molecule has 1 amide bonds. The van der Waals surface area contributed by atoms with Crippen LogP contribution in [0.2, 0.25) is 0 Å². The fraction of sp³-hybridized carbons (Fsp3) is 0.308. The Morgan fingerprint density at radius 3 is 2.89 bits per heavy atom. The molecule has 7 nitrogen and oxygen atoms in total. The summed E-state index contributed by atoms with van der Waals surface area (Å²) in [5.41, 5.74) is 7.99. The number of nitrogens with one attached hydrogen (secondary N) is 4. The summed E-state index contributed by atoms with van der Waals surface area (Å²) in [5.74, 6) is -0.505. The van der Waals surface area contributed by atoms with Gasteiger partial charge < -0.3 is 0 Å². The third kappa shape index (κ3) is 4.49. The van der Waals surface area contributed by atoms with Crippen LogP contribution in [0.5, 0.6) is 5.75 Å². The molecule has 1 atom stereocenters. The molecule has 9 heteroatoms. The molecule has 0 saturated heterocycles. The normalized spacial score (nSPS) is 20.1. The van der Waals surface area contributed by atoms with Gasteiger partial charge in [0.25, 0.3) is 0 Å². The van der Waals surface area contributed by atoms with Gasteiger partial charge in [-0.2, -0.15) is 0 Å². The second kappa shape index (κ2) is 9.88. The molecule has 0 fully saturated rings. The third-order valence-corrected chi connectivity index (χ3v) is 10.3. The van der Waals surface area contributed by atoms with Crippen molar-refractivity contribution in [2.45, 2.75) is 24.2 Å². The van der Waals surface area contributed by atoms with Crippen LogP contribution in [-0.2, 0) is 0 Å². The first-order valence-electron chi connectivity index (χ1n) is 11.5. The van der Waals surface area contributed by atoms with Gasteiger partial charge in [-0.25, -0.2) is 0 Å². The average Bonchev–Trinajstić information content (AvgIpc) is 3.23. The number of rotatable bonds is 3. The van der Waals surface area contributed by atoms with Gasteiger partial charge in [-0.05, 0) is 0 Å². The van der Waals surface area contributed by atoms with Gasteiger partial charge in [-0.3, -0.25) is 0 Å². The van der Waals surface area contributed by atoms with E-state index in [1.54, 1.807) is 24.5 Å². The van der Waals surface area contributed by atoms with Gasteiger partial charge in [0, 0.05) is 0 Å². The van der Waals surface area contributed by atoms with Crippen LogP contribution in [-0.4, -0.2) is 40.5 Å². The van der Waals surface area contributed by atoms with Crippen molar-refractivity contribution >= 4 is 23.0 Å². The standard InChI is InChI=1S/C26H28FIN5O2/c1-14-7-10-30-20-13-29-9-8-16(20)22-24(32-19-6-4-5-17(27)25(19)35-3)21-23(33-22)18(12-31-26(21)34)28-11-15(14)2/h4-6,8-9,13,18,30,32-33H,7,10-12H2,1-3H3,(H,31,34)/q-1/b15-14+/t18-/m0/s1. The Labute approximate surface area is 214 Å². The Morgan fingerprint density at radius 2 is 2.06 bits per heavy atom. The first-order chi connectivity index (χ1) is 17.0. The number of H-pyrrole nitrogens is 1. The zero-order chi connectivity index (χ0) is 24.5. The van der Waals surface area contributed by atoms with Crippen molar-refractivity contribution in [1.29, 1.82) is 0 Å². The number of ether oxygens (including phenoxy) is 1. The summed E-state index contributed by atoms with van der Waals surface area (Å²) in [7, 11) is 1.44. The summed E-state index contributed by atoms with van der Waals surface area (Å²) in [6, 6.07) is 6.66. The van der Waals surface area contributed by atoms with Crippen molar-refractivity contribution in [1.82, 2.24) is 15.3 Å². The van der Waals surface area contributed by atoms with Crippen LogP contribution >= 0.6 is 0 Å². The summed E-state index contributed by atoms with van der Waals surface area (Å²) >= 11 is -0.267. The molecule has 5 rings (SSSR count). The van der Waals surface area contributed by atoms with Crippen molar-refractivity contribution in [3.63, 3.8) is 0 Å². The summed E-state index contributed by atoms with van der Waals surface area (Å²) in [4.78, 5) is 21.2. The van der Waals surface area contributed by atoms with E-state index in [0.717, 1.165) is 40.0 Å². The first kappa shape index (κ1) is 23.7. The number of pyridine rings is 1. The number of halogens is 2. The number of allylic oxidation sites excluding steroid dienone is 1. The molecular weight excluding hydrogens is 560 g/mol. The molecule has 2 aromatic heterocycles. The molecule has 4 heterocycles. The fourth-order valence-electron chi connectivity index (χ4n) is 4.45. The molecule has 1 aromatic carbocycles. The molecule has 0 saturated carbocycles. The molecule has 2 aliphatic heterocycles. The maximum absolute atomic E-state index is 14.5. The Kier molecular flexibility index (Phi) is 6.68. The van der Waals surface area contributed by atoms with E-state index in [0.29, 0.717) is 23.5 Å². The van der Waals surface area contributed by atoms with Gasteiger partial charge in [0.2, 0.25) is 0 Å². The van der Waals surface area contributed by atoms with Crippen molar-refractivity contribution in [3.05, 3.63) is 64.9 Å². The number of carbonyl (C=O) groups excluding carboxylic acids is 1. The molecular formula is C26H28FIN5O2-. The summed E-state index contributed by atoms with van der Waals surface area (Å²) in [5, 5.41) is 9.97. The van der Waals surface area contributed by atoms with E-state index in [9.17, 15) is 9.18 Å². The molecule has 3 aromatic rings. The minimum atomic E-state index is -0.470. The second-order valence-electron chi connectivity index (χ2n) is 8.73. The minimum absolute atomic E-state index is 0.104. The zero-order valence-corrected chi connectivity index (χ0v) is 22.0. The van der Waals surface area contributed by atoms with Crippen molar-refractivity contribution in [2.75, 3.05) is 35.3 Å². The number of aromatic amines is 1. The first-order valence-corrected chi connectivity index (χ1v) is 14.3. The van der Waals surface area contributed by atoms with Gasteiger partial charge >= 0.3 is 215 Å². The third-order valence-electron chi connectivity index (χ3n) is 6.54. The fourth-order valence-corrected chi connectivity index (χ4v) is 7.73. The number of aromatic nitrogens is 2. The van der Waals surface area contributed by atoms with Gasteiger partial charge in [0.05, 0.1) is 0 Å². The average molecular weight is 588 g/mol. The Bertz CT molecular complexity index is 1320. The number of hydrogen-bond donors (Lipinski definition) is 4. The van der Waals surface area contributed by atoms with E-state index >= 15 is 0 Å². The Balaban J connectivity index is 1.72. The molecule has 4 N–H and O–H groups in total. The van der Waals surface area contributed by atoms with E-state index in [1.165, 1.54) is 24.3 Å². The van der Waals surface area contributed by atoms with Crippen molar-refractivity contribution < 1.29 is 35.1 Å². The second-order valence-corrected chi connectivity index (χ2v) is 11.9. The van der Waals surface area contributed by atoms with Crippen molar-refractivity contribution in [2.24, 2.45) is 0 Å². The number of anilines is 3. The number of nitrogens with zero attached hydrogens (tertiary/aromatic N) is 1. The van der Waals surface area contributed by atoms with Gasteiger partial charge in [0.15, 0.2) is 0 Å². The number of para-hydroxylation sites is 1. The van der Waals surface area contributed by atoms with Crippen LogP contribution in [0, 0.1) is 5.82 Å². The predicted octanol–water partition coefficient (Wildman–Crippen LogP) is 1.99. The van der Waals surface area contributed by atoms with Crippen LogP contribution in [0.4, 0.5) is 21.5 Å². The van der Waals surface area contributed by atoms with Crippen LogP contribution in [0.25, 0.3) is 11.3 Å². The van der Waals surface area contributed by atoms with Gasteiger partial charge in [0.1, 0.15) is 0 Å². The number of hydrogen-bond acceptors (Lipinski definition) is 5. The quantitative estimate of drug-likeness (QED) is 0.214. The molecule has 0 unspecified atom stereocenters. The Morgan fingerprint density at radius 1 is 1.20 bits per heavy atom. The number of alkyl halides is 2. The van der Waals surface area contributed by atoms with Crippen LogP contribution in [0.15, 0.2) is 47.8 Å². The van der Waals surface area contributed by atoms with Gasteiger partial charge in [-0.15, -0.1) is 0 Å². The van der Waals surface area contributed by atoms with E-state index in [1.807, 2.05) is 6.07 Å². The molecule has 0 radical (unpaired) electrons. The van der Waals surface area contributed by atoms with E-state index in [4.69, 9.17) is 4.74 Å². The molecule has 35 heavy (non-hydrogen) atoms. The van der Waals surface area contributed by atoms with E-state index in [2.05, 4.69) is 39.8 Å². The predicted molar refractivity (Wildman–Crippen MR) is 132 cm³/mol. The topological polar surface area (TPSA) is 91.1 Å². The molecule has 2 aliphatic rings. The Hall–Kier alpha value is -3.08. The van der Waals surface area contributed by atoms with Crippen LogP contribution < -0.4 is 41.9 Å². The summed E-state index contributed by atoms with van der Waals surface area (Å²) in [6.07, 6.45) is 4.50.